The Bertz CT molecular complexity index is 310. The van der Waals surface area contributed by atoms with Crippen molar-refractivity contribution in [2.45, 2.75) is 44.8 Å². The third-order valence-corrected chi connectivity index (χ3v) is 3.43. The molecule has 1 fully saturated rings. The van der Waals surface area contributed by atoms with Crippen LogP contribution in [0.25, 0.3) is 0 Å². The summed E-state index contributed by atoms with van der Waals surface area (Å²) in [5, 5.41) is 13.7. The Morgan fingerprint density at radius 2 is 2.50 bits per heavy atom. The average Bonchev–Trinajstić information content (AvgIpc) is 2.69. The SMILES string of the molecule is CC1CCCC(O)(CNCc2ccoc2)C1. The predicted octanol–water partition coefficient (Wildman–Crippen LogP) is 2.31. The summed E-state index contributed by atoms with van der Waals surface area (Å²) in [7, 11) is 0. The maximum atomic E-state index is 10.4. The van der Waals surface area contributed by atoms with E-state index in [-0.39, 0.29) is 0 Å². The minimum absolute atomic E-state index is 0.499. The summed E-state index contributed by atoms with van der Waals surface area (Å²) in [5.74, 6) is 0.648. The molecule has 1 aromatic heterocycles. The van der Waals surface area contributed by atoms with Crippen LogP contribution in [0.1, 0.15) is 38.2 Å². The molecule has 0 amide bonds. The molecule has 0 spiro atoms. The van der Waals surface area contributed by atoms with E-state index in [9.17, 15) is 5.11 Å². The van der Waals surface area contributed by atoms with Crippen molar-refractivity contribution in [2.24, 2.45) is 5.92 Å². The zero-order valence-corrected chi connectivity index (χ0v) is 9.91. The van der Waals surface area contributed by atoms with E-state index >= 15 is 0 Å². The van der Waals surface area contributed by atoms with Crippen molar-refractivity contribution in [3.63, 3.8) is 0 Å². The van der Waals surface area contributed by atoms with Crippen LogP contribution >= 0.6 is 0 Å². The summed E-state index contributed by atoms with van der Waals surface area (Å²) in [4.78, 5) is 0. The Hall–Kier alpha value is -0.800. The molecule has 1 heterocycles. The van der Waals surface area contributed by atoms with Crippen LogP contribution in [0.15, 0.2) is 23.0 Å². The van der Waals surface area contributed by atoms with Crippen LogP contribution in [-0.2, 0) is 6.54 Å². The summed E-state index contributed by atoms with van der Waals surface area (Å²) in [6, 6.07) is 1.94. The van der Waals surface area contributed by atoms with Crippen LogP contribution in [0.2, 0.25) is 0 Å². The molecule has 3 heteroatoms. The lowest BCUT2D eigenvalue weighted by Crippen LogP contribution is -2.43. The summed E-state index contributed by atoms with van der Waals surface area (Å²) in [6.07, 6.45) is 7.66. The highest BCUT2D eigenvalue weighted by Gasteiger charge is 2.31. The number of rotatable bonds is 4. The minimum atomic E-state index is -0.499. The molecule has 0 bridgehead atoms. The lowest BCUT2D eigenvalue weighted by molar-refractivity contribution is -0.0119. The quantitative estimate of drug-likeness (QED) is 0.823. The molecule has 0 saturated heterocycles. The molecule has 1 saturated carbocycles. The summed E-state index contributed by atoms with van der Waals surface area (Å²) >= 11 is 0. The highest BCUT2D eigenvalue weighted by atomic mass is 16.3. The van der Waals surface area contributed by atoms with Crippen LogP contribution in [0, 0.1) is 5.92 Å². The first-order chi connectivity index (χ1) is 7.68. The van der Waals surface area contributed by atoms with Crippen LogP contribution in [0.5, 0.6) is 0 Å². The van der Waals surface area contributed by atoms with Gasteiger partial charge < -0.3 is 14.8 Å². The zero-order valence-electron chi connectivity index (χ0n) is 9.91. The van der Waals surface area contributed by atoms with Gasteiger partial charge in [-0.3, -0.25) is 0 Å². The zero-order chi connectivity index (χ0) is 11.4. The van der Waals surface area contributed by atoms with Gasteiger partial charge in [0, 0.05) is 18.7 Å². The molecule has 1 aliphatic rings. The van der Waals surface area contributed by atoms with Gasteiger partial charge in [-0.05, 0) is 24.8 Å². The highest BCUT2D eigenvalue weighted by molar-refractivity contribution is 5.04. The molecule has 90 valence electrons. The number of furan rings is 1. The first kappa shape index (κ1) is 11.7. The molecule has 1 aliphatic carbocycles. The molecular weight excluding hydrogens is 202 g/mol. The predicted molar refractivity (Wildman–Crippen MR) is 63.0 cm³/mol. The van der Waals surface area contributed by atoms with E-state index in [0.29, 0.717) is 12.5 Å². The molecule has 2 unspecified atom stereocenters. The molecule has 0 aromatic carbocycles. The van der Waals surface area contributed by atoms with Crippen LogP contribution < -0.4 is 5.32 Å². The average molecular weight is 223 g/mol. The van der Waals surface area contributed by atoms with Crippen molar-refractivity contribution in [2.75, 3.05) is 6.54 Å². The molecule has 0 radical (unpaired) electrons. The van der Waals surface area contributed by atoms with E-state index in [1.165, 1.54) is 6.42 Å². The first-order valence-corrected chi connectivity index (χ1v) is 6.12. The number of hydrogen-bond donors (Lipinski definition) is 2. The van der Waals surface area contributed by atoms with Gasteiger partial charge in [-0.25, -0.2) is 0 Å². The fourth-order valence-corrected chi connectivity index (χ4v) is 2.63. The molecule has 16 heavy (non-hydrogen) atoms. The Labute approximate surface area is 96.8 Å². The van der Waals surface area contributed by atoms with E-state index < -0.39 is 5.60 Å². The van der Waals surface area contributed by atoms with Gasteiger partial charge >= 0.3 is 0 Å². The molecule has 2 rings (SSSR count). The Morgan fingerprint density at radius 1 is 1.62 bits per heavy atom. The normalized spacial score (nSPS) is 30.5. The molecule has 3 nitrogen and oxygen atoms in total. The van der Waals surface area contributed by atoms with Gasteiger partial charge in [0.15, 0.2) is 0 Å². The second-order valence-corrected chi connectivity index (χ2v) is 5.16. The minimum Gasteiger partial charge on any atom is -0.472 e. The van der Waals surface area contributed by atoms with Gasteiger partial charge in [-0.15, -0.1) is 0 Å². The monoisotopic (exact) mass is 223 g/mol. The van der Waals surface area contributed by atoms with E-state index in [1.54, 1.807) is 12.5 Å². The molecular formula is C13H21NO2. The first-order valence-electron chi connectivity index (χ1n) is 6.12. The van der Waals surface area contributed by atoms with Crippen molar-refractivity contribution in [3.8, 4) is 0 Å². The van der Waals surface area contributed by atoms with Gasteiger partial charge in [-0.1, -0.05) is 19.8 Å². The maximum Gasteiger partial charge on any atom is 0.0947 e. The third-order valence-electron chi connectivity index (χ3n) is 3.43. The maximum absolute atomic E-state index is 10.4. The Kier molecular flexibility index (Phi) is 3.66. The van der Waals surface area contributed by atoms with Crippen molar-refractivity contribution >= 4 is 0 Å². The van der Waals surface area contributed by atoms with Crippen molar-refractivity contribution < 1.29 is 9.52 Å². The fourth-order valence-electron chi connectivity index (χ4n) is 2.63. The van der Waals surface area contributed by atoms with Crippen molar-refractivity contribution in [1.29, 1.82) is 0 Å². The van der Waals surface area contributed by atoms with Crippen LogP contribution in [0.4, 0.5) is 0 Å². The number of hydrogen-bond acceptors (Lipinski definition) is 3. The van der Waals surface area contributed by atoms with E-state index in [4.69, 9.17) is 4.42 Å². The van der Waals surface area contributed by atoms with Gasteiger partial charge in [0.2, 0.25) is 0 Å². The van der Waals surface area contributed by atoms with Gasteiger partial charge in [0.1, 0.15) is 0 Å². The number of aliphatic hydroxyl groups is 1. The Balaban J connectivity index is 1.76. The van der Waals surface area contributed by atoms with E-state index in [1.807, 2.05) is 6.07 Å². The molecule has 2 N–H and O–H groups in total. The van der Waals surface area contributed by atoms with Crippen LogP contribution in [-0.4, -0.2) is 17.3 Å². The summed E-state index contributed by atoms with van der Waals surface area (Å²) in [5.41, 5.74) is 0.633. The summed E-state index contributed by atoms with van der Waals surface area (Å²) in [6.45, 7) is 3.68. The van der Waals surface area contributed by atoms with Crippen molar-refractivity contribution in [1.82, 2.24) is 5.32 Å². The lowest BCUT2D eigenvalue weighted by atomic mass is 9.79. The second kappa shape index (κ2) is 5.02. The largest absolute Gasteiger partial charge is 0.472 e. The smallest absolute Gasteiger partial charge is 0.0947 e. The molecule has 0 aliphatic heterocycles. The van der Waals surface area contributed by atoms with Gasteiger partial charge in [0.05, 0.1) is 18.1 Å². The lowest BCUT2D eigenvalue weighted by Gasteiger charge is -2.35. The topological polar surface area (TPSA) is 45.4 Å². The van der Waals surface area contributed by atoms with E-state index in [0.717, 1.165) is 31.4 Å². The number of nitrogens with one attached hydrogen (secondary N) is 1. The van der Waals surface area contributed by atoms with Gasteiger partial charge in [0.25, 0.3) is 0 Å². The van der Waals surface area contributed by atoms with Crippen molar-refractivity contribution in [3.05, 3.63) is 24.2 Å². The second-order valence-electron chi connectivity index (χ2n) is 5.16. The third kappa shape index (κ3) is 3.09. The fraction of sp³-hybridized carbons (Fsp3) is 0.692. The highest BCUT2D eigenvalue weighted by Crippen LogP contribution is 2.31. The molecule has 2 atom stereocenters. The Morgan fingerprint density at radius 3 is 3.19 bits per heavy atom. The standard InChI is InChI=1S/C13H21NO2/c1-11-3-2-5-13(15,7-11)10-14-8-12-4-6-16-9-12/h4,6,9,11,14-15H,2-3,5,7-8,10H2,1H3. The van der Waals surface area contributed by atoms with E-state index in [2.05, 4.69) is 12.2 Å². The summed E-state index contributed by atoms with van der Waals surface area (Å²) < 4.78 is 5.00. The van der Waals surface area contributed by atoms with Gasteiger partial charge in [-0.2, -0.15) is 0 Å². The molecule has 1 aromatic rings. The van der Waals surface area contributed by atoms with Crippen LogP contribution in [0.3, 0.4) is 0 Å².